The van der Waals surface area contributed by atoms with Gasteiger partial charge in [0.15, 0.2) is 6.29 Å². The molecule has 0 saturated heterocycles. The lowest BCUT2D eigenvalue weighted by molar-refractivity contribution is 0.341. The molecular formula is C39H28N4S. The Morgan fingerprint density at radius 1 is 0.568 bits per heavy atom. The number of nitrogens with one attached hydrogen (secondary N) is 2. The molecule has 9 rings (SSSR count). The Kier molecular flexibility index (Phi) is 5.86. The minimum atomic E-state index is -0.309. The smallest absolute Gasteiger partial charge is 0.184 e. The van der Waals surface area contributed by atoms with Gasteiger partial charge in [0.2, 0.25) is 0 Å². The van der Waals surface area contributed by atoms with Gasteiger partial charge in [-0.1, -0.05) is 121 Å². The standard InChI is InChI=1S/C39H28N4S/c1-3-12-25(13-4-1)37-40-38(26-14-5-2-6-15-26)42-39(41-37)43-33-20-9-7-16-29(33)32-24-27(22-23-34(32)43)28-18-11-19-31-30-17-8-10-21-35(30)44-36(28)31/h1-24,37,39,41H,(H,40,42). The molecule has 5 heteroatoms. The number of rotatable bonds is 4. The van der Waals surface area contributed by atoms with Crippen molar-refractivity contribution in [3.8, 4) is 11.1 Å². The molecule has 2 aromatic heterocycles. The monoisotopic (exact) mass is 584 g/mol. The first-order valence-corrected chi connectivity index (χ1v) is 15.8. The highest BCUT2D eigenvalue weighted by Gasteiger charge is 2.27. The summed E-state index contributed by atoms with van der Waals surface area (Å²) < 4.78 is 5.01. The van der Waals surface area contributed by atoms with Crippen molar-refractivity contribution in [2.24, 2.45) is 4.99 Å². The van der Waals surface area contributed by atoms with E-state index in [2.05, 4.69) is 155 Å². The number of aromatic nitrogens is 1. The molecule has 0 saturated carbocycles. The van der Waals surface area contributed by atoms with Crippen LogP contribution in [0.1, 0.15) is 23.6 Å². The zero-order valence-corrected chi connectivity index (χ0v) is 24.6. The van der Waals surface area contributed by atoms with Crippen LogP contribution in [0.4, 0.5) is 0 Å². The van der Waals surface area contributed by atoms with Crippen molar-refractivity contribution in [3.05, 3.63) is 157 Å². The largest absolute Gasteiger partial charge is 0.350 e. The molecule has 4 nitrogen and oxygen atoms in total. The first-order chi connectivity index (χ1) is 21.8. The molecular weight excluding hydrogens is 557 g/mol. The van der Waals surface area contributed by atoms with Crippen molar-refractivity contribution in [2.45, 2.75) is 12.5 Å². The van der Waals surface area contributed by atoms with Crippen LogP contribution in [0.25, 0.3) is 53.1 Å². The lowest BCUT2D eigenvalue weighted by Crippen LogP contribution is -2.46. The van der Waals surface area contributed by atoms with Gasteiger partial charge in [-0.15, -0.1) is 11.3 Å². The zero-order valence-electron chi connectivity index (χ0n) is 23.8. The second kappa shape index (κ2) is 10.2. The first-order valence-electron chi connectivity index (χ1n) is 15.0. The fraction of sp³-hybridized carbons (Fsp3) is 0.0513. The number of amidine groups is 1. The van der Waals surface area contributed by atoms with Gasteiger partial charge >= 0.3 is 0 Å². The molecule has 2 unspecified atom stereocenters. The van der Waals surface area contributed by atoms with E-state index in [-0.39, 0.29) is 12.5 Å². The maximum Gasteiger partial charge on any atom is 0.184 e. The summed E-state index contributed by atoms with van der Waals surface area (Å²) in [5.74, 6) is 0.877. The zero-order chi connectivity index (χ0) is 29.0. The van der Waals surface area contributed by atoms with Crippen LogP contribution in [-0.2, 0) is 0 Å². The summed E-state index contributed by atoms with van der Waals surface area (Å²) in [6, 6.07) is 51.9. The topological polar surface area (TPSA) is 41.4 Å². The molecule has 44 heavy (non-hydrogen) atoms. The van der Waals surface area contributed by atoms with Crippen LogP contribution in [0.2, 0.25) is 0 Å². The van der Waals surface area contributed by atoms with E-state index < -0.39 is 0 Å². The minimum Gasteiger partial charge on any atom is -0.350 e. The average Bonchev–Trinajstić information content (AvgIpc) is 3.64. The molecule has 2 atom stereocenters. The molecule has 1 aliphatic heterocycles. The molecule has 3 heterocycles. The van der Waals surface area contributed by atoms with Gasteiger partial charge in [0.05, 0.1) is 11.0 Å². The summed E-state index contributed by atoms with van der Waals surface area (Å²) >= 11 is 1.88. The van der Waals surface area contributed by atoms with Gasteiger partial charge in [-0.3, -0.25) is 5.32 Å². The average molecular weight is 585 g/mol. The van der Waals surface area contributed by atoms with Crippen LogP contribution >= 0.6 is 11.3 Å². The number of hydrogen-bond acceptors (Lipinski definition) is 4. The number of para-hydroxylation sites is 1. The van der Waals surface area contributed by atoms with Gasteiger partial charge in [0.25, 0.3) is 0 Å². The highest BCUT2D eigenvalue weighted by Crippen LogP contribution is 2.42. The number of fused-ring (bicyclic) bond motifs is 6. The fourth-order valence-electron chi connectivity index (χ4n) is 6.64. The highest BCUT2D eigenvalue weighted by molar-refractivity contribution is 7.26. The van der Waals surface area contributed by atoms with Crippen molar-refractivity contribution < 1.29 is 0 Å². The van der Waals surface area contributed by atoms with Crippen LogP contribution in [0, 0.1) is 0 Å². The Morgan fingerprint density at radius 2 is 1.27 bits per heavy atom. The summed E-state index contributed by atoms with van der Waals surface area (Å²) in [7, 11) is 0. The fourth-order valence-corrected chi connectivity index (χ4v) is 7.88. The Balaban J connectivity index is 1.24. The van der Waals surface area contributed by atoms with Crippen molar-refractivity contribution in [2.75, 3.05) is 0 Å². The second-order valence-electron chi connectivity index (χ2n) is 11.3. The van der Waals surface area contributed by atoms with Gasteiger partial charge in [-0.2, -0.15) is 0 Å². The second-order valence-corrected chi connectivity index (χ2v) is 12.3. The van der Waals surface area contributed by atoms with Crippen molar-refractivity contribution in [1.29, 1.82) is 0 Å². The Morgan fingerprint density at radius 3 is 2.14 bits per heavy atom. The Labute approximate surface area is 258 Å². The van der Waals surface area contributed by atoms with Gasteiger partial charge in [0.1, 0.15) is 12.0 Å². The number of thiophene rings is 1. The van der Waals surface area contributed by atoms with E-state index in [9.17, 15) is 0 Å². The van der Waals surface area contributed by atoms with E-state index in [0.29, 0.717) is 0 Å². The summed E-state index contributed by atoms with van der Waals surface area (Å²) in [5.41, 5.74) is 7.05. The van der Waals surface area contributed by atoms with Crippen LogP contribution in [-0.4, -0.2) is 10.4 Å². The van der Waals surface area contributed by atoms with Gasteiger partial charge in [-0.25, -0.2) is 4.99 Å². The van der Waals surface area contributed by atoms with Crippen molar-refractivity contribution >= 4 is 59.2 Å². The SMILES string of the molecule is c1ccc(C2=NC(n3c4ccccc4c4cc(-c5cccc6c5sc5ccccc56)ccc43)NC(c3ccccc3)N2)cc1. The molecule has 8 aromatic rings. The summed E-state index contributed by atoms with van der Waals surface area (Å²) in [4.78, 5) is 5.28. The molecule has 0 spiro atoms. The minimum absolute atomic E-state index is 0.102. The predicted molar refractivity (Wildman–Crippen MR) is 185 cm³/mol. The van der Waals surface area contributed by atoms with E-state index in [1.807, 2.05) is 17.4 Å². The maximum atomic E-state index is 5.28. The Bertz CT molecular complexity index is 2350. The van der Waals surface area contributed by atoms with E-state index >= 15 is 0 Å². The summed E-state index contributed by atoms with van der Waals surface area (Å²) in [6.45, 7) is 0. The normalized spacial score (nSPS) is 16.9. The maximum absolute atomic E-state index is 5.28. The van der Waals surface area contributed by atoms with E-state index in [0.717, 1.165) is 22.4 Å². The molecule has 0 aliphatic carbocycles. The molecule has 6 aromatic carbocycles. The Hall–Kier alpha value is -5.23. The van der Waals surface area contributed by atoms with Crippen LogP contribution in [0.15, 0.2) is 151 Å². The number of hydrogen-bond donors (Lipinski definition) is 2. The molecule has 2 N–H and O–H groups in total. The first kappa shape index (κ1) is 25.3. The van der Waals surface area contributed by atoms with Crippen molar-refractivity contribution in [3.63, 3.8) is 0 Å². The number of aliphatic imine (C=N–C) groups is 1. The molecule has 0 radical (unpaired) electrons. The summed E-state index contributed by atoms with van der Waals surface area (Å²) in [5, 5.41) is 12.6. The molecule has 1 aliphatic rings. The third-order valence-corrected chi connectivity index (χ3v) is 9.92. The van der Waals surface area contributed by atoms with Gasteiger partial charge in [-0.05, 0) is 41.0 Å². The molecule has 210 valence electrons. The number of nitrogens with zero attached hydrogens (tertiary/aromatic N) is 2. The third kappa shape index (κ3) is 4.05. The quantitative estimate of drug-likeness (QED) is 0.216. The van der Waals surface area contributed by atoms with Crippen LogP contribution in [0.5, 0.6) is 0 Å². The van der Waals surface area contributed by atoms with Crippen LogP contribution < -0.4 is 10.6 Å². The van der Waals surface area contributed by atoms with Crippen LogP contribution in [0.3, 0.4) is 0 Å². The van der Waals surface area contributed by atoms with E-state index in [4.69, 9.17) is 4.99 Å². The predicted octanol–water partition coefficient (Wildman–Crippen LogP) is 9.62. The highest BCUT2D eigenvalue weighted by atomic mass is 32.1. The van der Waals surface area contributed by atoms with Gasteiger partial charge < -0.3 is 9.88 Å². The lowest BCUT2D eigenvalue weighted by atomic mass is 10.0. The molecule has 0 fully saturated rings. The third-order valence-electron chi connectivity index (χ3n) is 8.70. The summed E-state index contributed by atoms with van der Waals surface area (Å²) in [6.07, 6.45) is -0.411. The molecule has 0 bridgehead atoms. The lowest BCUT2D eigenvalue weighted by Gasteiger charge is -2.33. The van der Waals surface area contributed by atoms with E-state index in [1.54, 1.807) is 0 Å². The van der Waals surface area contributed by atoms with Gasteiger partial charge in [0, 0.05) is 36.5 Å². The number of benzene rings is 6. The molecule has 0 amide bonds. The van der Waals surface area contributed by atoms with Crippen molar-refractivity contribution in [1.82, 2.24) is 15.2 Å². The van der Waals surface area contributed by atoms with E-state index in [1.165, 1.54) is 47.6 Å².